The number of aliphatic hydroxyl groups is 2. The van der Waals surface area contributed by atoms with E-state index in [-0.39, 0.29) is 17.7 Å². The first kappa shape index (κ1) is 29.5. The van der Waals surface area contributed by atoms with E-state index < -0.39 is 56.1 Å². The Balaban J connectivity index is 1.50. The molecular weight excluding hydrogens is 555 g/mol. The summed E-state index contributed by atoms with van der Waals surface area (Å²) in [5.74, 6) is -0.522. The zero-order valence-electron chi connectivity index (χ0n) is 21.4. The standard InChI is InChI=1S/C24H32ClN4O9P/c1-14(21(31)36-16-5-3-4-6-16)28-39(34,38-17-9-7-15(25)8-10-17)35-13-18-20(30)24(2,33)22(37-18)29-12-11-19(26)27-23(29)32/h7-12,14,16,18,20,22,30,33H,3-6,13H2,1-2H3,(H,28,34)(H2,26,27,32)/t14-,18+,20+,22+,24+,39?/m0/s1. The van der Waals surface area contributed by atoms with Crippen molar-refractivity contribution < 1.29 is 38.1 Å². The Morgan fingerprint density at radius 1 is 1.33 bits per heavy atom. The number of benzene rings is 1. The van der Waals surface area contributed by atoms with Crippen LogP contribution >= 0.6 is 19.3 Å². The molecule has 0 bridgehead atoms. The lowest BCUT2D eigenvalue weighted by Crippen LogP contribution is -2.46. The van der Waals surface area contributed by atoms with Gasteiger partial charge < -0.3 is 29.9 Å². The van der Waals surface area contributed by atoms with Gasteiger partial charge in [0.05, 0.1) is 6.61 Å². The number of rotatable bonds is 10. The molecule has 5 N–H and O–H groups in total. The molecule has 1 saturated heterocycles. The van der Waals surface area contributed by atoms with Gasteiger partial charge >= 0.3 is 19.4 Å². The van der Waals surface area contributed by atoms with Crippen molar-refractivity contribution in [3.63, 3.8) is 0 Å². The van der Waals surface area contributed by atoms with E-state index >= 15 is 0 Å². The summed E-state index contributed by atoms with van der Waals surface area (Å²) in [6.45, 7) is 2.18. The molecule has 2 fully saturated rings. The van der Waals surface area contributed by atoms with Crippen LogP contribution in [0, 0.1) is 0 Å². The molecule has 1 aliphatic heterocycles. The van der Waals surface area contributed by atoms with Gasteiger partial charge in [0.25, 0.3) is 0 Å². The molecule has 13 nitrogen and oxygen atoms in total. The van der Waals surface area contributed by atoms with E-state index in [4.69, 9.17) is 35.9 Å². The summed E-state index contributed by atoms with van der Waals surface area (Å²) >= 11 is 5.93. The number of hydrogen-bond donors (Lipinski definition) is 4. The second kappa shape index (κ2) is 11.9. The molecule has 6 atom stereocenters. The predicted octanol–water partition coefficient (Wildman–Crippen LogP) is 2.16. The van der Waals surface area contributed by atoms with Crippen molar-refractivity contribution in [3.8, 4) is 5.75 Å². The number of aliphatic hydroxyl groups excluding tert-OH is 1. The van der Waals surface area contributed by atoms with Crippen molar-refractivity contribution in [2.24, 2.45) is 0 Å². The van der Waals surface area contributed by atoms with Crippen molar-refractivity contribution in [1.82, 2.24) is 14.6 Å². The number of carbonyl (C=O) groups excluding carboxylic acids is 1. The van der Waals surface area contributed by atoms with Gasteiger partial charge in [-0.3, -0.25) is 13.9 Å². The first-order valence-corrected chi connectivity index (χ1v) is 14.4. The smallest absolute Gasteiger partial charge is 0.459 e. The number of nitrogens with zero attached hydrogens (tertiary/aromatic N) is 2. The monoisotopic (exact) mass is 586 g/mol. The van der Waals surface area contributed by atoms with Crippen LogP contribution in [0.25, 0.3) is 0 Å². The van der Waals surface area contributed by atoms with Crippen molar-refractivity contribution in [2.45, 2.75) is 75.7 Å². The van der Waals surface area contributed by atoms with E-state index in [1.54, 1.807) is 0 Å². The van der Waals surface area contributed by atoms with Crippen LogP contribution in [-0.4, -0.2) is 62.3 Å². The zero-order valence-corrected chi connectivity index (χ0v) is 23.1. The Labute approximate surface area is 229 Å². The van der Waals surface area contributed by atoms with Crippen molar-refractivity contribution in [2.75, 3.05) is 12.3 Å². The number of nitrogens with one attached hydrogen (secondary N) is 1. The predicted molar refractivity (Wildman–Crippen MR) is 140 cm³/mol. The van der Waals surface area contributed by atoms with Gasteiger partial charge in [-0.05, 0) is 69.9 Å². The molecule has 1 saturated carbocycles. The molecule has 0 amide bonds. The summed E-state index contributed by atoms with van der Waals surface area (Å²) in [4.78, 5) is 28.6. The molecule has 1 aromatic heterocycles. The molecule has 15 heteroatoms. The number of nitrogens with two attached hydrogens (primary N) is 1. The highest BCUT2D eigenvalue weighted by Gasteiger charge is 2.54. The Morgan fingerprint density at radius 3 is 2.64 bits per heavy atom. The fourth-order valence-corrected chi connectivity index (χ4v) is 6.07. The summed E-state index contributed by atoms with van der Waals surface area (Å²) in [7, 11) is -4.30. The first-order valence-electron chi connectivity index (χ1n) is 12.5. The van der Waals surface area contributed by atoms with Crippen molar-refractivity contribution in [3.05, 3.63) is 52.0 Å². The number of ether oxygens (including phenoxy) is 2. The molecule has 39 heavy (non-hydrogen) atoms. The van der Waals surface area contributed by atoms with E-state index in [1.165, 1.54) is 50.4 Å². The minimum Gasteiger partial charge on any atom is -0.461 e. The minimum atomic E-state index is -4.30. The average molecular weight is 587 g/mol. The fraction of sp³-hybridized carbons (Fsp3) is 0.542. The quantitative estimate of drug-likeness (QED) is 0.235. The molecule has 2 aromatic rings. The van der Waals surface area contributed by atoms with Gasteiger partial charge in [-0.2, -0.15) is 10.1 Å². The molecule has 2 aliphatic rings. The topological polar surface area (TPSA) is 184 Å². The number of nitrogen functional groups attached to an aromatic ring is 1. The van der Waals surface area contributed by atoms with Gasteiger partial charge in [0.15, 0.2) is 6.23 Å². The van der Waals surface area contributed by atoms with E-state index in [0.717, 1.165) is 30.3 Å². The highest BCUT2D eigenvalue weighted by Crippen LogP contribution is 2.47. The van der Waals surface area contributed by atoms with Gasteiger partial charge in [-0.1, -0.05) is 11.6 Å². The third-order valence-corrected chi connectivity index (χ3v) is 8.49. The van der Waals surface area contributed by atoms with E-state index in [9.17, 15) is 24.4 Å². The van der Waals surface area contributed by atoms with E-state index in [1.807, 2.05) is 0 Å². The first-order chi connectivity index (χ1) is 18.4. The Hall–Kier alpha value is -2.51. The van der Waals surface area contributed by atoms with Crippen LogP contribution in [0.4, 0.5) is 5.82 Å². The molecule has 4 rings (SSSR count). The molecule has 1 aliphatic carbocycles. The van der Waals surface area contributed by atoms with E-state index in [2.05, 4.69) is 10.1 Å². The number of carbonyl (C=O) groups is 1. The van der Waals surface area contributed by atoms with Gasteiger partial charge in [-0.15, -0.1) is 0 Å². The number of aromatic nitrogens is 2. The SMILES string of the molecule is C[C@H](NP(=O)(OC[C@H]1O[C@@H](n2ccc(N)nc2=O)[C@](C)(O)[C@@H]1O)Oc1ccc(Cl)cc1)C(=O)OC1CCCC1. The van der Waals surface area contributed by atoms with Crippen LogP contribution in [0.1, 0.15) is 45.8 Å². The lowest BCUT2D eigenvalue weighted by Gasteiger charge is -2.27. The molecular formula is C24H32ClN4O9P. The summed E-state index contributed by atoms with van der Waals surface area (Å²) in [5, 5.41) is 24.7. The number of anilines is 1. The van der Waals surface area contributed by atoms with Crippen LogP contribution < -0.4 is 21.0 Å². The maximum Gasteiger partial charge on any atom is 0.459 e. The molecule has 2 heterocycles. The van der Waals surface area contributed by atoms with Crippen LogP contribution in [0.3, 0.4) is 0 Å². The van der Waals surface area contributed by atoms with Gasteiger partial charge in [0.1, 0.15) is 41.5 Å². The summed E-state index contributed by atoms with van der Waals surface area (Å²) in [6, 6.07) is 6.22. The third kappa shape index (κ3) is 6.98. The Morgan fingerprint density at radius 2 is 2.00 bits per heavy atom. The molecule has 0 radical (unpaired) electrons. The second-order valence-corrected chi connectivity index (χ2v) is 11.9. The highest BCUT2D eigenvalue weighted by molar-refractivity contribution is 7.52. The fourth-order valence-electron chi connectivity index (χ4n) is 4.44. The Kier molecular flexibility index (Phi) is 9.01. The van der Waals surface area contributed by atoms with Crippen LogP contribution in [0.5, 0.6) is 5.75 Å². The number of halogens is 1. The molecule has 214 valence electrons. The summed E-state index contributed by atoms with van der Waals surface area (Å²) in [5.41, 5.74) is 2.77. The number of esters is 1. The summed E-state index contributed by atoms with van der Waals surface area (Å²) in [6.07, 6.45) is 0.352. The van der Waals surface area contributed by atoms with Gasteiger partial charge in [0, 0.05) is 11.2 Å². The molecule has 1 unspecified atom stereocenters. The van der Waals surface area contributed by atoms with Crippen LogP contribution in [-0.2, 0) is 23.4 Å². The van der Waals surface area contributed by atoms with Crippen LogP contribution in [0.15, 0.2) is 41.3 Å². The largest absolute Gasteiger partial charge is 0.461 e. The molecule has 0 spiro atoms. The maximum absolute atomic E-state index is 13.8. The molecule has 1 aromatic carbocycles. The van der Waals surface area contributed by atoms with Crippen LogP contribution in [0.2, 0.25) is 5.02 Å². The van der Waals surface area contributed by atoms with Crippen molar-refractivity contribution in [1.29, 1.82) is 0 Å². The maximum atomic E-state index is 13.8. The van der Waals surface area contributed by atoms with Gasteiger partial charge in [-0.25, -0.2) is 9.36 Å². The van der Waals surface area contributed by atoms with Gasteiger partial charge in [0.2, 0.25) is 0 Å². The Bertz CT molecular complexity index is 1270. The lowest BCUT2D eigenvalue weighted by atomic mass is 9.96. The minimum absolute atomic E-state index is 0.0266. The lowest BCUT2D eigenvalue weighted by molar-refractivity contribution is -0.150. The van der Waals surface area contributed by atoms with E-state index in [0.29, 0.717) is 5.02 Å². The zero-order chi connectivity index (χ0) is 28.4. The average Bonchev–Trinajstić information content (AvgIpc) is 3.46. The highest BCUT2D eigenvalue weighted by atomic mass is 35.5. The summed E-state index contributed by atoms with van der Waals surface area (Å²) < 4.78 is 37.2. The number of hydrogen-bond acceptors (Lipinski definition) is 11. The normalized spacial score (nSPS) is 27.7. The second-order valence-electron chi connectivity index (χ2n) is 9.77. The third-order valence-electron chi connectivity index (χ3n) is 6.60. The van der Waals surface area contributed by atoms with Crippen molar-refractivity contribution >= 4 is 31.1 Å².